The van der Waals surface area contributed by atoms with Crippen molar-refractivity contribution in [3.63, 3.8) is 0 Å². The van der Waals surface area contributed by atoms with E-state index in [4.69, 9.17) is 0 Å². The molecule has 0 fully saturated rings. The lowest BCUT2D eigenvalue weighted by atomic mass is 10.5. The Morgan fingerprint density at radius 2 is 2.12 bits per heavy atom. The van der Waals surface area contributed by atoms with Gasteiger partial charge in [0.15, 0.2) is 5.82 Å². The molecule has 0 saturated carbocycles. The van der Waals surface area contributed by atoms with Crippen LogP contribution >= 0.6 is 0 Å². The van der Waals surface area contributed by atoms with Crippen molar-refractivity contribution in [3.05, 3.63) is 24.0 Å². The van der Waals surface area contributed by atoms with Gasteiger partial charge in [0, 0.05) is 12.6 Å². The van der Waals surface area contributed by atoms with E-state index in [9.17, 15) is 0 Å². The third-order valence-corrected chi connectivity index (χ3v) is 2.10. The van der Waals surface area contributed by atoms with Crippen molar-refractivity contribution in [3.8, 4) is 5.82 Å². The number of hydrogen-bond acceptors (Lipinski definition) is 5. The van der Waals surface area contributed by atoms with Crippen LogP contribution in [0.15, 0.2) is 12.4 Å². The topological polar surface area (TPSA) is 68.5 Å². The van der Waals surface area contributed by atoms with E-state index in [1.807, 2.05) is 26.8 Å². The minimum atomic E-state index is 0.726. The summed E-state index contributed by atoms with van der Waals surface area (Å²) in [6, 6.07) is 1.85. The van der Waals surface area contributed by atoms with Gasteiger partial charge in [-0.15, -0.1) is 5.10 Å². The van der Waals surface area contributed by atoms with Gasteiger partial charge in [0.25, 0.3) is 0 Å². The van der Waals surface area contributed by atoms with Crippen molar-refractivity contribution >= 4 is 5.82 Å². The van der Waals surface area contributed by atoms with Gasteiger partial charge in [0.2, 0.25) is 0 Å². The summed E-state index contributed by atoms with van der Waals surface area (Å²) in [7, 11) is 0. The molecule has 0 amide bonds. The molecule has 0 unspecified atom stereocenters. The van der Waals surface area contributed by atoms with E-state index in [0.717, 1.165) is 29.8 Å². The van der Waals surface area contributed by atoms with E-state index in [2.05, 4.69) is 25.4 Å². The van der Waals surface area contributed by atoms with E-state index < -0.39 is 0 Å². The van der Waals surface area contributed by atoms with E-state index in [0.29, 0.717) is 0 Å². The maximum absolute atomic E-state index is 4.27. The molecule has 1 N–H and O–H groups in total. The van der Waals surface area contributed by atoms with Gasteiger partial charge in [-0.3, -0.25) is 0 Å². The van der Waals surface area contributed by atoms with Crippen molar-refractivity contribution in [1.82, 2.24) is 24.7 Å². The fourth-order valence-electron chi connectivity index (χ4n) is 1.48. The second-order valence-corrected chi connectivity index (χ2v) is 3.41. The first kappa shape index (κ1) is 10.5. The lowest BCUT2D eigenvalue weighted by Crippen LogP contribution is -2.05. The molecule has 84 valence electrons. The Hall–Kier alpha value is -1.98. The Kier molecular flexibility index (Phi) is 2.80. The van der Waals surface area contributed by atoms with Crippen molar-refractivity contribution in [2.45, 2.75) is 20.8 Å². The van der Waals surface area contributed by atoms with Crippen LogP contribution < -0.4 is 5.32 Å². The molecule has 6 nitrogen and oxygen atoms in total. The van der Waals surface area contributed by atoms with Crippen LogP contribution in [0.5, 0.6) is 0 Å². The molecule has 0 radical (unpaired) electrons. The zero-order valence-corrected chi connectivity index (χ0v) is 9.60. The molecule has 0 aliphatic rings. The van der Waals surface area contributed by atoms with Crippen LogP contribution in [0, 0.1) is 13.8 Å². The van der Waals surface area contributed by atoms with Crippen molar-refractivity contribution in [2.75, 3.05) is 11.9 Å². The number of hydrogen-bond donors (Lipinski definition) is 1. The molecule has 0 atom stereocenters. The smallest absolute Gasteiger partial charge is 0.160 e. The summed E-state index contributed by atoms with van der Waals surface area (Å²) >= 11 is 0. The molecule has 2 aromatic heterocycles. The zero-order valence-electron chi connectivity index (χ0n) is 9.60. The average molecular weight is 218 g/mol. The molecule has 0 aliphatic heterocycles. The number of anilines is 1. The predicted molar refractivity (Wildman–Crippen MR) is 60.6 cm³/mol. The first-order valence-corrected chi connectivity index (χ1v) is 5.17. The van der Waals surface area contributed by atoms with Gasteiger partial charge in [0.05, 0.1) is 0 Å². The highest BCUT2D eigenvalue weighted by atomic mass is 15.4. The van der Waals surface area contributed by atoms with E-state index in [1.54, 1.807) is 4.68 Å². The largest absolute Gasteiger partial charge is 0.370 e. The van der Waals surface area contributed by atoms with E-state index in [1.165, 1.54) is 6.33 Å². The first-order chi connectivity index (χ1) is 7.70. The molecule has 0 aliphatic carbocycles. The molecular weight excluding hydrogens is 204 g/mol. The fourth-order valence-corrected chi connectivity index (χ4v) is 1.48. The highest BCUT2D eigenvalue weighted by Crippen LogP contribution is 2.09. The fraction of sp³-hybridized carbons (Fsp3) is 0.400. The van der Waals surface area contributed by atoms with Crippen LogP contribution in [0.2, 0.25) is 0 Å². The number of nitrogens with zero attached hydrogens (tertiary/aromatic N) is 5. The third kappa shape index (κ3) is 2.00. The molecule has 0 spiro atoms. The van der Waals surface area contributed by atoms with E-state index >= 15 is 0 Å². The Morgan fingerprint density at radius 1 is 1.31 bits per heavy atom. The number of aromatic nitrogens is 5. The van der Waals surface area contributed by atoms with Crippen LogP contribution in [-0.4, -0.2) is 31.3 Å². The van der Waals surface area contributed by atoms with Gasteiger partial charge in [-0.05, 0) is 20.8 Å². The molecule has 2 heterocycles. The second-order valence-electron chi connectivity index (χ2n) is 3.41. The van der Waals surface area contributed by atoms with Crippen LogP contribution in [0.1, 0.15) is 18.6 Å². The lowest BCUT2D eigenvalue weighted by molar-refractivity contribution is 0.798. The Bertz CT molecular complexity index is 490. The summed E-state index contributed by atoms with van der Waals surface area (Å²) in [5.41, 5.74) is 0. The average Bonchev–Trinajstić information content (AvgIpc) is 2.59. The standard InChI is InChI=1S/C10H14N6/c1-4-11-9-5-10(13-6-12-9)16-8(3)14-7(2)15-16/h5-6H,4H2,1-3H3,(H,11,12,13). The first-order valence-electron chi connectivity index (χ1n) is 5.17. The lowest BCUT2D eigenvalue weighted by Gasteiger charge is -2.04. The van der Waals surface area contributed by atoms with Gasteiger partial charge >= 0.3 is 0 Å². The van der Waals surface area contributed by atoms with Gasteiger partial charge in [0.1, 0.15) is 23.8 Å². The van der Waals surface area contributed by atoms with Gasteiger partial charge < -0.3 is 5.32 Å². The second kappa shape index (κ2) is 4.26. The summed E-state index contributed by atoms with van der Waals surface area (Å²) in [4.78, 5) is 12.5. The van der Waals surface area contributed by atoms with Gasteiger partial charge in [-0.2, -0.15) is 4.68 Å². The molecule has 2 aromatic rings. The highest BCUT2D eigenvalue weighted by Gasteiger charge is 2.06. The molecular formula is C10H14N6. The minimum absolute atomic E-state index is 0.726. The normalized spacial score (nSPS) is 10.4. The Labute approximate surface area is 93.8 Å². The van der Waals surface area contributed by atoms with Gasteiger partial charge in [-0.25, -0.2) is 15.0 Å². The summed E-state index contributed by atoms with van der Waals surface area (Å²) in [5, 5.41) is 7.40. The number of rotatable bonds is 3. The maximum Gasteiger partial charge on any atom is 0.160 e. The van der Waals surface area contributed by atoms with Crippen molar-refractivity contribution in [2.24, 2.45) is 0 Å². The Morgan fingerprint density at radius 3 is 2.75 bits per heavy atom. The molecule has 0 aromatic carbocycles. The van der Waals surface area contributed by atoms with Crippen LogP contribution in [0.3, 0.4) is 0 Å². The van der Waals surface area contributed by atoms with Crippen LogP contribution in [0.4, 0.5) is 5.82 Å². The van der Waals surface area contributed by atoms with Crippen molar-refractivity contribution in [1.29, 1.82) is 0 Å². The molecule has 16 heavy (non-hydrogen) atoms. The minimum Gasteiger partial charge on any atom is -0.370 e. The predicted octanol–water partition coefficient (Wildman–Crippen LogP) is 1.11. The molecule has 0 bridgehead atoms. The maximum atomic E-state index is 4.27. The summed E-state index contributed by atoms with van der Waals surface area (Å²) < 4.78 is 1.71. The van der Waals surface area contributed by atoms with Crippen LogP contribution in [0.25, 0.3) is 5.82 Å². The van der Waals surface area contributed by atoms with Crippen LogP contribution in [-0.2, 0) is 0 Å². The summed E-state index contributed by atoms with van der Waals surface area (Å²) in [5.74, 6) is 3.07. The monoisotopic (exact) mass is 218 g/mol. The molecule has 2 rings (SSSR count). The summed E-state index contributed by atoms with van der Waals surface area (Å²) in [6.07, 6.45) is 1.52. The molecule has 0 saturated heterocycles. The zero-order chi connectivity index (χ0) is 11.5. The third-order valence-electron chi connectivity index (χ3n) is 2.10. The van der Waals surface area contributed by atoms with Gasteiger partial charge in [-0.1, -0.05) is 0 Å². The summed E-state index contributed by atoms with van der Waals surface area (Å²) in [6.45, 7) is 6.60. The SMILES string of the molecule is CCNc1cc(-n2nc(C)nc2C)ncn1. The molecule has 6 heteroatoms. The van der Waals surface area contributed by atoms with E-state index in [-0.39, 0.29) is 0 Å². The number of nitrogens with one attached hydrogen (secondary N) is 1. The van der Waals surface area contributed by atoms with Crippen molar-refractivity contribution < 1.29 is 0 Å². The number of aryl methyl sites for hydroxylation is 2. The quantitative estimate of drug-likeness (QED) is 0.835. The highest BCUT2D eigenvalue weighted by molar-refractivity contribution is 5.40. The Balaban J connectivity index is 2.40.